The average Bonchev–Trinajstić information content (AvgIpc) is 2.55. The zero-order chi connectivity index (χ0) is 18.8. The number of rotatable bonds is 5. The van der Waals surface area contributed by atoms with Crippen LogP contribution in [0.4, 0.5) is 18.9 Å². The number of carbonyl (C=O) groups excluding carboxylic acids is 1. The molecule has 0 aromatic heterocycles. The van der Waals surface area contributed by atoms with Gasteiger partial charge in [0.2, 0.25) is 15.9 Å². The van der Waals surface area contributed by atoms with E-state index in [1.54, 1.807) is 0 Å². The van der Waals surface area contributed by atoms with Crippen molar-refractivity contribution in [3.63, 3.8) is 0 Å². The number of nitrogens with zero attached hydrogens (tertiary/aromatic N) is 1. The van der Waals surface area contributed by atoms with Crippen LogP contribution in [-0.4, -0.2) is 32.2 Å². The second kappa shape index (κ2) is 7.42. The van der Waals surface area contributed by atoms with E-state index in [0.29, 0.717) is 10.4 Å². The van der Waals surface area contributed by atoms with Crippen molar-refractivity contribution in [1.29, 1.82) is 0 Å². The fourth-order valence-corrected chi connectivity index (χ4v) is 3.34. The van der Waals surface area contributed by atoms with Gasteiger partial charge < -0.3 is 5.32 Å². The summed E-state index contributed by atoms with van der Waals surface area (Å²) in [5.41, 5.74) is -0.600. The lowest BCUT2D eigenvalue weighted by molar-refractivity contribution is -0.116. The molecule has 5 nitrogen and oxygen atoms in total. The summed E-state index contributed by atoms with van der Waals surface area (Å²) < 4.78 is 64.9. The maximum absolute atomic E-state index is 13.5. The van der Waals surface area contributed by atoms with E-state index in [2.05, 4.69) is 0 Å². The largest absolute Gasteiger partial charge is 0.322 e. The van der Waals surface area contributed by atoms with Crippen molar-refractivity contribution < 1.29 is 26.4 Å². The van der Waals surface area contributed by atoms with Gasteiger partial charge in [-0.15, -0.1) is 0 Å². The molecule has 1 amide bonds. The van der Waals surface area contributed by atoms with Gasteiger partial charge >= 0.3 is 0 Å². The number of hydrogen-bond acceptors (Lipinski definition) is 3. The molecule has 134 valence electrons. The highest BCUT2D eigenvalue weighted by Gasteiger charge is 2.24. The van der Waals surface area contributed by atoms with Gasteiger partial charge in [-0.3, -0.25) is 4.79 Å². The molecule has 1 N–H and O–H groups in total. The fraction of sp³-hybridized carbons (Fsp3) is 0.133. The number of likely N-dealkylation sites (N-methyl/N-ethyl adjacent to an activating group) is 1. The second-order valence-electron chi connectivity index (χ2n) is 4.99. The lowest BCUT2D eigenvalue weighted by atomic mass is 10.3. The summed E-state index contributed by atoms with van der Waals surface area (Å²) >= 11 is 5.74. The van der Waals surface area contributed by atoms with Gasteiger partial charge in [-0.05, 0) is 30.3 Å². The molecule has 2 aromatic rings. The monoisotopic (exact) mass is 392 g/mol. The number of halogens is 4. The van der Waals surface area contributed by atoms with Gasteiger partial charge in [-0.1, -0.05) is 17.7 Å². The Kier molecular flexibility index (Phi) is 5.71. The van der Waals surface area contributed by atoms with Crippen LogP contribution in [0.1, 0.15) is 0 Å². The van der Waals surface area contributed by atoms with Crippen molar-refractivity contribution in [3.05, 3.63) is 58.9 Å². The van der Waals surface area contributed by atoms with E-state index < -0.39 is 45.6 Å². The molecule has 0 unspecified atom stereocenters. The van der Waals surface area contributed by atoms with Crippen LogP contribution in [0.25, 0.3) is 0 Å². The maximum Gasteiger partial charge on any atom is 0.243 e. The number of nitrogens with one attached hydrogen (secondary N) is 1. The first-order valence-electron chi connectivity index (χ1n) is 6.78. The number of benzene rings is 2. The first kappa shape index (κ1) is 19.2. The number of hydrogen-bond donors (Lipinski definition) is 1. The van der Waals surface area contributed by atoms with Crippen molar-refractivity contribution in [2.75, 3.05) is 18.9 Å². The molecule has 0 radical (unpaired) electrons. The Hall–Kier alpha value is -2.10. The molecule has 0 aliphatic rings. The lowest BCUT2D eigenvalue weighted by Crippen LogP contribution is -2.35. The molecule has 0 bridgehead atoms. The molecule has 2 rings (SSSR count). The molecule has 0 aliphatic carbocycles. The van der Waals surface area contributed by atoms with Crippen LogP contribution < -0.4 is 5.32 Å². The molecular weight excluding hydrogens is 381 g/mol. The second-order valence-corrected chi connectivity index (χ2v) is 7.47. The summed E-state index contributed by atoms with van der Waals surface area (Å²) in [5, 5.41) is 2.19. The van der Waals surface area contributed by atoms with Gasteiger partial charge in [0.1, 0.15) is 0 Å². The smallest absolute Gasteiger partial charge is 0.243 e. The standard InChI is InChI=1S/C15H12ClF3N2O3S/c1-21(25(23,24)10-4-2-3-9(16)7-10)8-13(22)20-12-6-5-11(17)14(18)15(12)19/h2-7H,8H2,1H3,(H,20,22). The van der Waals surface area contributed by atoms with Gasteiger partial charge in [-0.25, -0.2) is 21.6 Å². The molecule has 25 heavy (non-hydrogen) atoms. The van der Waals surface area contributed by atoms with E-state index in [0.717, 1.165) is 13.1 Å². The van der Waals surface area contributed by atoms with Gasteiger partial charge in [0.25, 0.3) is 0 Å². The molecule has 10 heteroatoms. The average molecular weight is 393 g/mol. The predicted octanol–water partition coefficient (Wildman–Crippen LogP) is 3.02. The van der Waals surface area contributed by atoms with E-state index in [1.165, 1.54) is 24.3 Å². The summed E-state index contributed by atoms with van der Waals surface area (Å²) in [6.07, 6.45) is 0. The zero-order valence-electron chi connectivity index (χ0n) is 12.8. The molecule has 0 saturated carbocycles. The highest BCUT2D eigenvalue weighted by atomic mass is 35.5. The summed E-state index contributed by atoms with van der Waals surface area (Å²) in [7, 11) is -2.88. The van der Waals surface area contributed by atoms with E-state index in [4.69, 9.17) is 11.6 Å². The minimum absolute atomic E-state index is 0.130. The van der Waals surface area contributed by atoms with Crippen molar-refractivity contribution in [3.8, 4) is 0 Å². The third kappa shape index (κ3) is 4.30. The summed E-state index contributed by atoms with van der Waals surface area (Å²) in [4.78, 5) is 11.8. The van der Waals surface area contributed by atoms with Crippen LogP contribution in [0, 0.1) is 17.5 Å². The summed E-state index contributed by atoms with van der Waals surface area (Å²) in [5.74, 6) is -5.65. The quantitative estimate of drug-likeness (QED) is 0.795. The van der Waals surface area contributed by atoms with Crippen molar-refractivity contribution in [1.82, 2.24) is 4.31 Å². The summed E-state index contributed by atoms with van der Waals surface area (Å²) in [6.45, 7) is -0.673. The van der Waals surface area contributed by atoms with Gasteiger partial charge in [0.05, 0.1) is 17.1 Å². The molecule has 0 heterocycles. The van der Waals surface area contributed by atoms with Crippen LogP contribution in [0.5, 0.6) is 0 Å². The first-order valence-corrected chi connectivity index (χ1v) is 8.60. The molecule has 2 aromatic carbocycles. The highest BCUT2D eigenvalue weighted by molar-refractivity contribution is 7.89. The van der Waals surface area contributed by atoms with Crippen molar-refractivity contribution in [2.45, 2.75) is 4.90 Å². The summed E-state index contributed by atoms with van der Waals surface area (Å²) in [6, 6.07) is 6.89. The minimum atomic E-state index is -4.01. The SMILES string of the molecule is CN(CC(=O)Nc1ccc(F)c(F)c1F)S(=O)(=O)c1cccc(Cl)c1. The highest BCUT2D eigenvalue weighted by Crippen LogP contribution is 2.21. The molecule has 0 spiro atoms. The van der Waals surface area contributed by atoms with Crippen LogP contribution in [0.3, 0.4) is 0 Å². The van der Waals surface area contributed by atoms with Crippen LogP contribution in [-0.2, 0) is 14.8 Å². The third-order valence-corrected chi connectivity index (χ3v) is 5.21. The van der Waals surface area contributed by atoms with Gasteiger partial charge in [-0.2, -0.15) is 4.31 Å². The van der Waals surface area contributed by atoms with Crippen LogP contribution in [0.15, 0.2) is 41.3 Å². The van der Waals surface area contributed by atoms with E-state index in [9.17, 15) is 26.4 Å². The normalized spacial score (nSPS) is 11.6. The predicted molar refractivity (Wildman–Crippen MR) is 86.2 cm³/mol. The number of anilines is 1. The third-order valence-electron chi connectivity index (χ3n) is 3.18. The molecule has 0 fully saturated rings. The fourth-order valence-electron chi connectivity index (χ4n) is 1.91. The maximum atomic E-state index is 13.5. The molecule has 0 saturated heterocycles. The van der Waals surface area contributed by atoms with Gasteiger partial charge in [0.15, 0.2) is 17.5 Å². The Labute approximate surface area is 147 Å². The van der Waals surface area contributed by atoms with Gasteiger partial charge in [0, 0.05) is 12.1 Å². The zero-order valence-corrected chi connectivity index (χ0v) is 14.3. The van der Waals surface area contributed by atoms with E-state index in [-0.39, 0.29) is 9.92 Å². The number of sulfonamides is 1. The Morgan fingerprint density at radius 2 is 1.84 bits per heavy atom. The Balaban J connectivity index is 2.14. The molecular formula is C15H12ClF3N2O3S. The number of amides is 1. The van der Waals surface area contributed by atoms with Crippen LogP contribution in [0.2, 0.25) is 5.02 Å². The van der Waals surface area contributed by atoms with Crippen molar-refractivity contribution >= 4 is 33.2 Å². The molecule has 0 aliphatic heterocycles. The molecule has 0 atom stereocenters. The Morgan fingerprint density at radius 3 is 2.48 bits per heavy atom. The van der Waals surface area contributed by atoms with Crippen molar-refractivity contribution in [2.24, 2.45) is 0 Å². The minimum Gasteiger partial charge on any atom is -0.322 e. The Bertz CT molecular complexity index is 922. The van der Waals surface area contributed by atoms with Crippen LogP contribution >= 0.6 is 11.6 Å². The van der Waals surface area contributed by atoms with E-state index >= 15 is 0 Å². The lowest BCUT2D eigenvalue weighted by Gasteiger charge is -2.17. The first-order chi connectivity index (χ1) is 11.6. The number of carbonyl (C=O) groups is 1. The topological polar surface area (TPSA) is 66.5 Å². The van der Waals surface area contributed by atoms with E-state index in [1.807, 2.05) is 5.32 Å². The Morgan fingerprint density at radius 1 is 1.16 bits per heavy atom.